The van der Waals surface area contributed by atoms with E-state index in [4.69, 9.17) is 4.74 Å². The zero-order valence-electron chi connectivity index (χ0n) is 10.3. The molecule has 0 amide bonds. The number of halogens is 3. The second kappa shape index (κ2) is 6.33. The minimum absolute atomic E-state index is 0.256. The van der Waals surface area contributed by atoms with Gasteiger partial charge in [-0.2, -0.15) is 13.2 Å². The van der Waals surface area contributed by atoms with Crippen molar-refractivity contribution in [1.82, 2.24) is 0 Å². The molecular formula is C11H10F3NO5. The molecule has 0 N–H and O–H groups in total. The van der Waals surface area contributed by atoms with Gasteiger partial charge in [-0.15, -0.1) is 0 Å². The maximum atomic E-state index is 12.4. The highest BCUT2D eigenvalue weighted by Gasteiger charge is 2.33. The first kappa shape index (κ1) is 15.9. The standard InChI is InChI=1S/C11H10F3NO5/c1-19-5-8(16)6-20-10-3-2-7(11(12,13)14)4-9(10)15(17)18/h2-4H,5-6H2,1H3. The fraction of sp³-hybridized carbons (Fsp3) is 0.364. The number of nitrogens with zero attached hydrogens (tertiary/aromatic N) is 1. The topological polar surface area (TPSA) is 78.7 Å². The van der Waals surface area contributed by atoms with Gasteiger partial charge in [-0.05, 0) is 12.1 Å². The lowest BCUT2D eigenvalue weighted by atomic mass is 10.2. The van der Waals surface area contributed by atoms with Crippen LogP contribution >= 0.6 is 0 Å². The Morgan fingerprint density at radius 2 is 2.00 bits per heavy atom. The molecule has 1 aromatic rings. The van der Waals surface area contributed by atoms with Crippen molar-refractivity contribution in [2.24, 2.45) is 0 Å². The van der Waals surface area contributed by atoms with E-state index in [9.17, 15) is 28.1 Å². The van der Waals surface area contributed by atoms with E-state index in [-0.39, 0.29) is 6.61 Å². The molecule has 0 spiro atoms. The summed E-state index contributed by atoms with van der Waals surface area (Å²) in [6.07, 6.45) is -4.70. The Hall–Kier alpha value is -2.16. The van der Waals surface area contributed by atoms with Crippen molar-refractivity contribution in [1.29, 1.82) is 0 Å². The van der Waals surface area contributed by atoms with Gasteiger partial charge in [-0.1, -0.05) is 0 Å². The second-order valence-electron chi connectivity index (χ2n) is 3.70. The number of benzene rings is 1. The molecule has 0 aliphatic carbocycles. The van der Waals surface area contributed by atoms with Crippen molar-refractivity contribution >= 4 is 11.5 Å². The summed E-state index contributed by atoms with van der Waals surface area (Å²) in [6.45, 7) is -0.783. The van der Waals surface area contributed by atoms with Gasteiger partial charge in [0.1, 0.15) is 13.2 Å². The minimum Gasteiger partial charge on any atom is -0.479 e. The molecule has 6 nitrogen and oxygen atoms in total. The molecule has 0 unspecified atom stereocenters. The van der Waals surface area contributed by atoms with Gasteiger partial charge < -0.3 is 9.47 Å². The summed E-state index contributed by atoms with van der Waals surface area (Å²) in [5.41, 5.74) is -2.02. The molecule has 110 valence electrons. The van der Waals surface area contributed by atoms with Crippen LogP contribution in [0.25, 0.3) is 0 Å². The second-order valence-corrected chi connectivity index (χ2v) is 3.70. The van der Waals surface area contributed by atoms with E-state index in [0.717, 1.165) is 6.07 Å². The molecule has 9 heteroatoms. The van der Waals surface area contributed by atoms with Crippen molar-refractivity contribution in [3.05, 3.63) is 33.9 Å². The van der Waals surface area contributed by atoms with Gasteiger partial charge in [0.15, 0.2) is 11.5 Å². The number of nitro groups is 1. The largest absolute Gasteiger partial charge is 0.479 e. The van der Waals surface area contributed by atoms with E-state index in [1.165, 1.54) is 7.11 Å². The third-order valence-electron chi connectivity index (χ3n) is 2.18. The zero-order chi connectivity index (χ0) is 15.3. The lowest BCUT2D eigenvalue weighted by molar-refractivity contribution is -0.386. The van der Waals surface area contributed by atoms with Crippen molar-refractivity contribution in [2.45, 2.75) is 6.18 Å². The van der Waals surface area contributed by atoms with Gasteiger partial charge in [-0.25, -0.2) is 0 Å². The average molecular weight is 293 g/mol. The lowest BCUT2D eigenvalue weighted by Crippen LogP contribution is -2.17. The molecule has 0 aliphatic rings. The van der Waals surface area contributed by atoms with Crippen LogP contribution < -0.4 is 4.74 Å². The van der Waals surface area contributed by atoms with Crippen LogP contribution in [0.1, 0.15) is 5.56 Å². The Labute approximate surface area is 111 Å². The summed E-state index contributed by atoms with van der Waals surface area (Å²) < 4.78 is 46.7. The van der Waals surface area contributed by atoms with Gasteiger partial charge in [0, 0.05) is 13.2 Å². The van der Waals surface area contributed by atoms with E-state index in [0.29, 0.717) is 12.1 Å². The number of ether oxygens (including phenoxy) is 2. The molecule has 0 saturated carbocycles. The highest BCUT2D eigenvalue weighted by Crippen LogP contribution is 2.35. The molecular weight excluding hydrogens is 283 g/mol. The summed E-state index contributed by atoms with van der Waals surface area (Å²) in [7, 11) is 1.28. The first-order valence-electron chi connectivity index (χ1n) is 5.24. The van der Waals surface area contributed by atoms with Crippen molar-refractivity contribution in [3.63, 3.8) is 0 Å². The number of Topliss-reactive ketones (excluding diaryl/α,β-unsaturated/α-hetero) is 1. The zero-order valence-corrected chi connectivity index (χ0v) is 10.3. The molecule has 20 heavy (non-hydrogen) atoms. The quantitative estimate of drug-likeness (QED) is 0.593. The van der Waals surface area contributed by atoms with Crippen molar-refractivity contribution in [3.8, 4) is 5.75 Å². The molecule has 0 aromatic heterocycles. The SMILES string of the molecule is COCC(=O)COc1ccc(C(F)(F)F)cc1[N+](=O)[O-]. The van der Waals surface area contributed by atoms with Crippen LogP contribution in [-0.4, -0.2) is 31.0 Å². The van der Waals surface area contributed by atoms with E-state index in [1.807, 2.05) is 0 Å². The smallest absolute Gasteiger partial charge is 0.416 e. The maximum absolute atomic E-state index is 12.4. The third kappa shape index (κ3) is 4.19. The van der Waals surface area contributed by atoms with Gasteiger partial charge in [0.2, 0.25) is 0 Å². The van der Waals surface area contributed by atoms with Gasteiger partial charge in [-0.3, -0.25) is 14.9 Å². The van der Waals surface area contributed by atoms with Crippen LogP contribution in [0, 0.1) is 10.1 Å². The number of ketones is 1. The summed E-state index contributed by atoms with van der Waals surface area (Å²) in [6, 6.07) is 1.81. The first-order chi connectivity index (χ1) is 9.25. The highest BCUT2D eigenvalue weighted by molar-refractivity contribution is 5.81. The molecule has 0 aliphatic heterocycles. The molecule has 0 heterocycles. The Morgan fingerprint density at radius 3 is 2.50 bits per heavy atom. The Balaban J connectivity index is 2.97. The third-order valence-corrected chi connectivity index (χ3v) is 2.18. The lowest BCUT2D eigenvalue weighted by Gasteiger charge is -2.09. The number of alkyl halides is 3. The molecule has 0 radical (unpaired) electrons. The number of carbonyl (C=O) groups excluding carboxylic acids is 1. The van der Waals surface area contributed by atoms with Crippen LogP contribution in [0.3, 0.4) is 0 Å². The van der Waals surface area contributed by atoms with E-state index in [1.54, 1.807) is 0 Å². The van der Waals surface area contributed by atoms with Gasteiger partial charge in [0.05, 0.1) is 10.5 Å². The predicted molar refractivity (Wildman–Crippen MR) is 60.5 cm³/mol. The van der Waals surface area contributed by atoms with E-state index >= 15 is 0 Å². The van der Waals surface area contributed by atoms with Gasteiger partial charge in [0.25, 0.3) is 0 Å². The maximum Gasteiger partial charge on any atom is 0.416 e. The summed E-state index contributed by atoms with van der Waals surface area (Å²) in [5.74, 6) is -0.908. The molecule has 0 fully saturated rings. The molecule has 0 atom stereocenters. The normalized spacial score (nSPS) is 11.2. The number of hydrogen-bond acceptors (Lipinski definition) is 5. The van der Waals surface area contributed by atoms with Crippen molar-refractivity contribution in [2.75, 3.05) is 20.3 Å². The Kier molecular flexibility index (Phi) is 5.03. The monoisotopic (exact) mass is 293 g/mol. The fourth-order valence-corrected chi connectivity index (χ4v) is 1.32. The van der Waals surface area contributed by atoms with Crippen LogP contribution in [0.2, 0.25) is 0 Å². The van der Waals surface area contributed by atoms with Crippen molar-refractivity contribution < 1.29 is 32.4 Å². The Morgan fingerprint density at radius 1 is 1.35 bits per heavy atom. The van der Waals surface area contributed by atoms with Crippen LogP contribution in [0.15, 0.2) is 18.2 Å². The van der Waals surface area contributed by atoms with E-state index in [2.05, 4.69) is 4.74 Å². The van der Waals surface area contributed by atoms with E-state index < -0.39 is 40.5 Å². The molecule has 1 rings (SSSR count). The fourth-order valence-electron chi connectivity index (χ4n) is 1.32. The van der Waals surface area contributed by atoms with Crippen LogP contribution in [-0.2, 0) is 15.7 Å². The van der Waals surface area contributed by atoms with Gasteiger partial charge >= 0.3 is 11.9 Å². The number of nitro benzene ring substituents is 1. The molecule has 1 aromatic carbocycles. The minimum atomic E-state index is -4.70. The molecule has 0 saturated heterocycles. The number of carbonyl (C=O) groups is 1. The summed E-state index contributed by atoms with van der Waals surface area (Å²) in [5, 5.41) is 10.7. The summed E-state index contributed by atoms with van der Waals surface area (Å²) >= 11 is 0. The van der Waals surface area contributed by atoms with Crippen LogP contribution in [0.4, 0.5) is 18.9 Å². The number of methoxy groups -OCH3 is 1. The highest BCUT2D eigenvalue weighted by atomic mass is 19.4. The number of hydrogen-bond donors (Lipinski definition) is 0. The predicted octanol–water partition coefficient (Wildman–Crippen LogP) is 2.21. The number of rotatable bonds is 6. The molecule has 0 bridgehead atoms. The summed E-state index contributed by atoms with van der Waals surface area (Å²) in [4.78, 5) is 20.8. The van der Waals surface area contributed by atoms with Crippen LogP contribution in [0.5, 0.6) is 5.75 Å². The first-order valence-corrected chi connectivity index (χ1v) is 5.24. The Bertz CT molecular complexity index is 515. The average Bonchev–Trinajstić information content (AvgIpc) is 2.35.